The van der Waals surface area contributed by atoms with E-state index in [1.807, 2.05) is 22.9 Å². The van der Waals surface area contributed by atoms with Crippen molar-refractivity contribution in [2.45, 2.75) is 19.6 Å². The molecule has 1 fully saturated rings. The number of hydrogen-bond acceptors (Lipinski definition) is 4. The van der Waals surface area contributed by atoms with Crippen molar-refractivity contribution in [3.05, 3.63) is 40.6 Å². The van der Waals surface area contributed by atoms with Crippen molar-refractivity contribution in [2.75, 3.05) is 26.2 Å². The second-order valence-electron chi connectivity index (χ2n) is 5.32. The molecule has 1 aromatic carbocycles. The summed E-state index contributed by atoms with van der Waals surface area (Å²) in [5.41, 5.74) is 1.05. The fourth-order valence-electron chi connectivity index (χ4n) is 2.92. The van der Waals surface area contributed by atoms with Gasteiger partial charge in [-0.25, -0.2) is 0 Å². The van der Waals surface area contributed by atoms with Gasteiger partial charge < -0.3 is 9.30 Å². The Hall–Kier alpha value is -1.92. The lowest BCUT2D eigenvalue weighted by Gasteiger charge is -2.32. The molecule has 0 bridgehead atoms. The largest absolute Gasteiger partial charge is 0.374 e. The van der Waals surface area contributed by atoms with Crippen molar-refractivity contribution in [1.29, 1.82) is 0 Å². The highest BCUT2D eigenvalue weighted by atomic mass is 16.6. The Morgan fingerprint density at radius 3 is 3.05 bits per heavy atom. The number of fused-ring (bicyclic) bond motifs is 1. The van der Waals surface area contributed by atoms with E-state index in [9.17, 15) is 10.1 Å². The first-order valence-corrected chi connectivity index (χ1v) is 7.25. The average molecular weight is 289 g/mol. The molecule has 3 rings (SSSR count). The van der Waals surface area contributed by atoms with Crippen molar-refractivity contribution >= 4 is 16.6 Å². The predicted octanol–water partition coefficient (Wildman–Crippen LogP) is 2.27. The molecule has 1 aliphatic rings. The second-order valence-corrected chi connectivity index (χ2v) is 5.32. The molecule has 0 amide bonds. The minimum Gasteiger partial charge on any atom is -0.374 e. The van der Waals surface area contributed by atoms with Gasteiger partial charge >= 0.3 is 0 Å². The number of benzene rings is 1. The number of likely N-dealkylation sites (N-methyl/N-ethyl adjacent to an activating group) is 1. The Morgan fingerprint density at radius 2 is 2.29 bits per heavy atom. The normalized spacial score (nSPS) is 20.0. The van der Waals surface area contributed by atoms with Crippen LogP contribution in [0.2, 0.25) is 0 Å². The summed E-state index contributed by atoms with van der Waals surface area (Å²) in [4.78, 5) is 13.1. The number of morpholine rings is 1. The molecule has 1 unspecified atom stereocenters. The predicted molar refractivity (Wildman–Crippen MR) is 80.4 cm³/mol. The highest BCUT2D eigenvalue weighted by Gasteiger charge is 2.21. The van der Waals surface area contributed by atoms with E-state index >= 15 is 0 Å². The topological polar surface area (TPSA) is 60.5 Å². The minimum absolute atomic E-state index is 0.133. The lowest BCUT2D eigenvalue weighted by atomic mass is 10.2. The molecule has 1 aromatic heterocycles. The average Bonchev–Trinajstić information content (AvgIpc) is 2.90. The Kier molecular flexibility index (Phi) is 3.90. The maximum Gasteiger partial charge on any atom is 0.278 e. The Morgan fingerprint density at radius 1 is 1.43 bits per heavy atom. The van der Waals surface area contributed by atoms with Crippen LogP contribution in [0, 0.1) is 10.1 Å². The maximum absolute atomic E-state index is 11.1. The fourth-order valence-corrected chi connectivity index (χ4v) is 2.92. The molecule has 112 valence electrons. The molecule has 0 N–H and O–H groups in total. The van der Waals surface area contributed by atoms with Gasteiger partial charge in [0.05, 0.1) is 35.1 Å². The summed E-state index contributed by atoms with van der Waals surface area (Å²) < 4.78 is 7.86. The van der Waals surface area contributed by atoms with Gasteiger partial charge in [0, 0.05) is 25.4 Å². The van der Waals surface area contributed by atoms with E-state index in [2.05, 4.69) is 11.8 Å². The van der Waals surface area contributed by atoms with Crippen LogP contribution in [-0.4, -0.2) is 46.7 Å². The summed E-state index contributed by atoms with van der Waals surface area (Å²) in [7, 11) is 0. The van der Waals surface area contributed by atoms with Gasteiger partial charge in [0.15, 0.2) is 0 Å². The van der Waals surface area contributed by atoms with Crippen LogP contribution in [-0.2, 0) is 11.3 Å². The third kappa shape index (κ3) is 2.77. The number of ether oxygens (including phenoxy) is 1. The third-order valence-electron chi connectivity index (χ3n) is 4.06. The van der Waals surface area contributed by atoms with E-state index in [-0.39, 0.29) is 16.7 Å². The highest BCUT2D eigenvalue weighted by molar-refractivity contribution is 5.89. The lowest BCUT2D eigenvalue weighted by molar-refractivity contribution is -0.383. The first kappa shape index (κ1) is 14.0. The van der Waals surface area contributed by atoms with Crippen LogP contribution >= 0.6 is 0 Å². The molecule has 1 aliphatic heterocycles. The molecular weight excluding hydrogens is 270 g/mol. The van der Waals surface area contributed by atoms with Crippen LogP contribution in [0.5, 0.6) is 0 Å². The number of hydrogen-bond donors (Lipinski definition) is 0. The second kappa shape index (κ2) is 5.83. The molecule has 2 heterocycles. The van der Waals surface area contributed by atoms with Gasteiger partial charge in [0.1, 0.15) is 0 Å². The molecule has 0 aliphatic carbocycles. The van der Waals surface area contributed by atoms with E-state index in [4.69, 9.17) is 4.74 Å². The monoisotopic (exact) mass is 289 g/mol. The molecule has 0 spiro atoms. The van der Waals surface area contributed by atoms with E-state index < -0.39 is 0 Å². The molecule has 1 atom stereocenters. The Labute approximate surface area is 123 Å². The van der Waals surface area contributed by atoms with Crippen LogP contribution in [0.1, 0.15) is 6.92 Å². The van der Waals surface area contributed by atoms with Gasteiger partial charge in [-0.05, 0) is 18.7 Å². The van der Waals surface area contributed by atoms with Crippen LogP contribution in [0.3, 0.4) is 0 Å². The summed E-state index contributed by atoms with van der Waals surface area (Å²) >= 11 is 0. The molecule has 0 radical (unpaired) electrons. The third-order valence-corrected chi connectivity index (χ3v) is 4.06. The summed E-state index contributed by atoms with van der Waals surface area (Å²) in [6, 6.07) is 7.01. The zero-order valence-electron chi connectivity index (χ0n) is 12.1. The first-order chi connectivity index (χ1) is 10.2. The van der Waals surface area contributed by atoms with Gasteiger partial charge in [-0.3, -0.25) is 15.0 Å². The summed E-state index contributed by atoms with van der Waals surface area (Å²) in [6.45, 7) is 6.53. The number of rotatable bonds is 4. The summed E-state index contributed by atoms with van der Waals surface area (Å²) in [5, 5.41) is 11.7. The molecule has 0 saturated carbocycles. The highest BCUT2D eigenvalue weighted by Crippen LogP contribution is 2.26. The van der Waals surface area contributed by atoms with Crippen molar-refractivity contribution in [3.63, 3.8) is 0 Å². The van der Waals surface area contributed by atoms with Gasteiger partial charge in [0.2, 0.25) is 0 Å². The van der Waals surface area contributed by atoms with Gasteiger partial charge in [-0.15, -0.1) is 0 Å². The molecule has 6 nitrogen and oxygen atoms in total. The Bertz CT molecular complexity index is 653. The quantitative estimate of drug-likeness (QED) is 0.640. The first-order valence-electron chi connectivity index (χ1n) is 7.25. The molecular formula is C15H19N3O3. The number of nitro benzene ring substituents is 1. The number of non-ortho nitro benzene ring substituents is 1. The molecule has 6 heteroatoms. The van der Waals surface area contributed by atoms with Crippen LogP contribution in [0.25, 0.3) is 10.9 Å². The zero-order chi connectivity index (χ0) is 14.8. The maximum atomic E-state index is 11.1. The molecule has 1 saturated heterocycles. The number of nitrogens with zero attached hydrogens (tertiary/aromatic N) is 3. The van der Waals surface area contributed by atoms with Crippen LogP contribution < -0.4 is 0 Å². The number of aromatic nitrogens is 1. The summed E-state index contributed by atoms with van der Waals surface area (Å²) in [5.74, 6) is 0. The number of nitro groups is 1. The van der Waals surface area contributed by atoms with Crippen LogP contribution in [0.4, 0.5) is 5.69 Å². The fraction of sp³-hybridized carbons (Fsp3) is 0.467. The van der Waals surface area contributed by atoms with Crippen LogP contribution in [0.15, 0.2) is 30.5 Å². The Balaban J connectivity index is 1.85. The van der Waals surface area contributed by atoms with Gasteiger partial charge in [-0.1, -0.05) is 13.0 Å². The zero-order valence-corrected chi connectivity index (χ0v) is 12.1. The smallest absolute Gasteiger partial charge is 0.278 e. The van der Waals surface area contributed by atoms with Crippen molar-refractivity contribution in [2.24, 2.45) is 0 Å². The lowest BCUT2D eigenvalue weighted by Crippen LogP contribution is -2.43. The molecule has 21 heavy (non-hydrogen) atoms. The molecule has 2 aromatic rings. The SMILES string of the molecule is CCN1CCOC(Cn2ccc3c([N+](=O)[O-])cccc32)C1. The van der Waals surface area contributed by atoms with E-state index in [0.717, 1.165) is 38.3 Å². The summed E-state index contributed by atoms with van der Waals surface area (Å²) in [6.07, 6.45) is 2.04. The minimum atomic E-state index is -0.331. The van der Waals surface area contributed by atoms with Gasteiger partial charge in [0.25, 0.3) is 5.69 Å². The van der Waals surface area contributed by atoms with E-state index in [0.29, 0.717) is 5.39 Å². The van der Waals surface area contributed by atoms with Gasteiger partial charge in [-0.2, -0.15) is 0 Å². The van der Waals surface area contributed by atoms with E-state index in [1.54, 1.807) is 12.1 Å². The van der Waals surface area contributed by atoms with E-state index in [1.165, 1.54) is 0 Å². The van der Waals surface area contributed by atoms with Crippen molar-refractivity contribution in [1.82, 2.24) is 9.47 Å². The standard InChI is InChI=1S/C15H19N3O3/c1-2-16-8-9-21-12(10-16)11-17-7-6-13-14(17)4-3-5-15(13)18(19)20/h3-7,12H,2,8-11H2,1H3. The van der Waals surface area contributed by atoms with Crippen molar-refractivity contribution in [3.8, 4) is 0 Å². The van der Waals surface area contributed by atoms with Crippen molar-refractivity contribution < 1.29 is 9.66 Å².